The Balaban J connectivity index is 1.87. The highest BCUT2D eigenvalue weighted by atomic mass is 16.5. The van der Waals surface area contributed by atoms with E-state index >= 15 is 0 Å². The molecule has 0 radical (unpaired) electrons. The van der Waals surface area contributed by atoms with Gasteiger partial charge in [-0.25, -0.2) is 0 Å². The lowest BCUT2D eigenvalue weighted by Crippen LogP contribution is -2.55. The molecule has 1 atom stereocenters. The van der Waals surface area contributed by atoms with Crippen LogP contribution in [-0.2, 0) is 4.74 Å². The van der Waals surface area contributed by atoms with Crippen LogP contribution in [0.25, 0.3) is 0 Å². The first-order chi connectivity index (χ1) is 6.09. The SMILES string of the molecule is CN1C(NC2COC2)CCC1(C)C. The Bertz CT molecular complexity index is 189. The molecule has 3 heteroatoms. The predicted octanol–water partition coefficient (Wildman–Crippen LogP) is 0.805. The zero-order valence-corrected chi connectivity index (χ0v) is 8.84. The number of hydrogen-bond acceptors (Lipinski definition) is 3. The van der Waals surface area contributed by atoms with Crippen LogP contribution in [-0.4, -0.2) is 42.9 Å². The normalized spacial score (nSPS) is 34.8. The third-order valence-electron chi connectivity index (χ3n) is 3.52. The fourth-order valence-corrected chi connectivity index (χ4v) is 2.08. The van der Waals surface area contributed by atoms with E-state index in [1.807, 2.05) is 0 Å². The van der Waals surface area contributed by atoms with Crippen LogP contribution >= 0.6 is 0 Å². The van der Waals surface area contributed by atoms with Gasteiger partial charge in [0, 0.05) is 5.54 Å². The third kappa shape index (κ3) is 1.73. The molecule has 2 heterocycles. The zero-order chi connectivity index (χ0) is 9.47. The van der Waals surface area contributed by atoms with Crippen molar-refractivity contribution < 1.29 is 4.74 Å². The van der Waals surface area contributed by atoms with Gasteiger partial charge < -0.3 is 4.74 Å². The van der Waals surface area contributed by atoms with Gasteiger partial charge in [-0.2, -0.15) is 0 Å². The molecular weight excluding hydrogens is 164 g/mol. The number of nitrogens with one attached hydrogen (secondary N) is 1. The molecule has 76 valence electrons. The van der Waals surface area contributed by atoms with Gasteiger partial charge in [0.2, 0.25) is 0 Å². The first-order valence-corrected chi connectivity index (χ1v) is 5.16. The molecule has 0 aliphatic carbocycles. The van der Waals surface area contributed by atoms with Gasteiger partial charge >= 0.3 is 0 Å². The second kappa shape index (κ2) is 3.23. The van der Waals surface area contributed by atoms with Crippen molar-refractivity contribution in [1.29, 1.82) is 0 Å². The van der Waals surface area contributed by atoms with Gasteiger partial charge in [0.25, 0.3) is 0 Å². The van der Waals surface area contributed by atoms with Gasteiger partial charge in [-0.05, 0) is 33.7 Å². The number of likely N-dealkylation sites (tertiary alicyclic amines) is 1. The average Bonchev–Trinajstić information content (AvgIpc) is 2.22. The van der Waals surface area contributed by atoms with Crippen LogP contribution in [0.3, 0.4) is 0 Å². The minimum Gasteiger partial charge on any atom is -0.378 e. The van der Waals surface area contributed by atoms with Crippen molar-refractivity contribution in [3.8, 4) is 0 Å². The molecule has 0 spiro atoms. The molecule has 0 amide bonds. The van der Waals surface area contributed by atoms with Gasteiger partial charge in [0.15, 0.2) is 0 Å². The van der Waals surface area contributed by atoms with Crippen molar-refractivity contribution in [2.24, 2.45) is 0 Å². The second-order valence-corrected chi connectivity index (χ2v) is 4.88. The fraction of sp³-hybridized carbons (Fsp3) is 1.00. The van der Waals surface area contributed by atoms with E-state index in [-0.39, 0.29) is 0 Å². The molecular formula is C10H20N2O. The molecule has 2 fully saturated rings. The van der Waals surface area contributed by atoms with Crippen LogP contribution in [0.4, 0.5) is 0 Å². The highest BCUT2D eigenvalue weighted by Crippen LogP contribution is 2.30. The van der Waals surface area contributed by atoms with E-state index in [1.54, 1.807) is 0 Å². The lowest BCUT2D eigenvalue weighted by molar-refractivity contribution is -0.0215. The van der Waals surface area contributed by atoms with Crippen molar-refractivity contribution in [2.75, 3.05) is 20.3 Å². The summed E-state index contributed by atoms with van der Waals surface area (Å²) in [6.07, 6.45) is 3.11. The Morgan fingerprint density at radius 2 is 2.08 bits per heavy atom. The van der Waals surface area contributed by atoms with Crippen LogP contribution in [0.1, 0.15) is 26.7 Å². The van der Waals surface area contributed by atoms with E-state index in [0.717, 1.165) is 13.2 Å². The summed E-state index contributed by atoms with van der Waals surface area (Å²) in [7, 11) is 2.21. The standard InChI is InChI=1S/C10H20N2O/c1-10(2)5-4-9(12(10)3)11-8-6-13-7-8/h8-9,11H,4-7H2,1-3H3. The molecule has 0 aromatic rings. The summed E-state index contributed by atoms with van der Waals surface area (Å²) in [6.45, 7) is 6.41. The highest BCUT2D eigenvalue weighted by Gasteiger charge is 2.37. The van der Waals surface area contributed by atoms with Crippen LogP contribution in [0.2, 0.25) is 0 Å². The summed E-state index contributed by atoms with van der Waals surface area (Å²) in [4.78, 5) is 2.45. The van der Waals surface area contributed by atoms with Gasteiger partial charge in [-0.3, -0.25) is 10.2 Å². The number of hydrogen-bond donors (Lipinski definition) is 1. The first kappa shape index (κ1) is 9.44. The smallest absolute Gasteiger partial charge is 0.0643 e. The van der Waals surface area contributed by atoms with Gasteiger partial charge in [-0.1, -0.05) is 0 Å². The molecule has 0 saturated carbocycles. The van der Waals surface area contributed by atoms with Gasteiger partial charge in [0.05, 0.1) is 25.4 Å². The van der Waals surface area contributed by atoms with Crippen molar-refractivity contribution in [3.63, 3.8) is 0 Å². The van der Waals surface area contributed by atoms with E-state index in [9.17, 15) is 0 Å². The number of rotatable bonds is 2. The Labute approximate surface area is 80.4 Å². The minimum atomic E-state index is 0.363. The van der Waals surface area contributed by atoms with E-state index in [4.69, 9.17) is 4.74 Å². The molecule has 0 aromatic heterocycles. The summed E-state index contributed by atoms with van der Waals surface area (Å²) < 4.78 is 5.15. The fourth-order valence-electron chi connectivity index (χ4n) is 2.08. The molecule has 2 rings (SSSR count). The molecule has 0 bridgehead atoms. The highest BCUT2D eigenvalue weighted by molar-refractivity contribution is 4.93. The molecule has 13 heavy (non-hydrogen) atoms. The van der Waals surface area contributed by atoms with Gasteiger partial charge in [0.1, 0.15) is 0 Å². The van der Waals surface area contributed by atoms with Crippen molar-refractivity contribution in [2.45, 2.75) is 44.4 Å². The summed E-state index contributed by atoms with van der Waals surface area (Å²) in [5.74, 6) is 0. The Hall–Kier alpha value is -0.120. The van der Waals surface area contributed by atoms with Gasteiger partial charge in [-0.15, -0.1) is 0 Å². The largest absolute Gasteiger partial charge is 0.378 e. The van der Waals surface area contributed by atoms with Crippen molar-refractivity contribution in [1.82, 2.24) is 10.2 Å². The maximum atomic E-state index is 5.15. The Kier molecular flexibility index (Phi) is 2.34. The molecule has 3 nitrogen and oxygen atoms in total. The van der Waals surface area contributed by atoms with Crippen LogP contribution in [0.15, 0.2) is 0 Å². The van der Waals surface area contributed by atoms with Crippen LogP contribution in [0, 0.1) is 0 Å². The molecule has 1 unspecified atom stereocenters. The maximum absolute atomic E-state index is 5.15. The van der Waals surface area contributed by atoms with E-state index in [1.165, 1.54) is 12.8 Å². The number of nitrogens with zero attached hydrogens (tertiary/aromatic N) is 1. The monoisotopic (exact) mass is 184 g/mol. The average molecular weight is 184 g/mol. The second-order valence-electron chi connectivity index (χ2n) is 4.88. The van der Waals surface area contributed by atoms with Crippen molar-refractivity contribution in [3.05, 3.63) is 0 Å². The Morgan fingerprint density at radius 1 is 1.38 bits per heavy atom. The van der Waals surface area contributed by atoms with E-state index in [2.05, 4.69) is 31.1 Å². The lowest BCUT2D eigenvalue weighted by atomic mass is 10.0. The van der Waals surface area contributed by atoms with E-state index < -0.39 is 0 Å². The molecule has 0 aromatic carbocycles. The van der Waals surface area contributed by atoms with Crippen molar-refractivity contribution >= 4 is 0 Å². The Morgan fingerprint density at radius 3 is 2.46 bits per heavy atom. The topological polar surface area (TPSA) is 24.5 Å². The summed E-state index contributed by atoms with van der Waals surface area (Å²) in [5, 5.41) is 3.62. The molecule has 2 saturated heterocycles. The lowest BCUT2D eigenvalue weighted by Gasteiger charge is -2.36. The van der Waals surface area contributed by atoms with Crippen LogP contribution in [0.5, 0.6) is 0 Å². The predicted molar refractivity (Wildman–Crippen MR) is 52.6 cm³/mol. The third-order valence-corrected chi connectivity index (χ3v) is 3.52. The zero-order valence-electron chi connectivity index (χ0n) is 8.84. The summed E-state index contributed by atoms with van der Waals surface area (Å²) in [5.41, 5.74) is 0.363. The summed E-state index contributed by atoms with van der Waals surface area (Å²) in [6, 6.07) is 0.598. The maximum Gasteiger partial charge on any atom is 0.0643 e. The van der Waals surface area contributed by atoms with Crippen LogP contribution < -0.4 is 5.32 Å². The first-order valence-electron chi connectivity index (χ1n) is 5.16. The quantitative estimate of drug-likeness (QED) is 0.687. The summed E-state index contributed by atoms with van der Waals surface area (Å²) >= 11 is 0. The van der Waals surface area contributed by atoms with E-state index in [0.29, 0.717) is 17.7 Å². The minimum absolute atomic E-state index is 0.363. The molecule has 2 aliphatic heterocycles. The molecule has 1 N–H and O–H groups in total. The molecule has 2 aliphatic rings. The number of ether oxygens (including phenoxy) is 1.